The predicted molar refractivity (Wildman–Crippen MR) is 51.1 cm³/mol. The van der Waals surface area contributed by atoms with Gasteiger partial charge in [0.05, 0.1) is 7.11 Å². The van der Waals surface area contributed by atoms with Gasteiger partial charge in [-0.15, -0.1) is 0 Å². The molecule has 15 heavy (non-hydrogen) atoms. The SMILES string of the molecule is COC(=O)CCCN(C)C(=O)CC(=O)O. The van der Waals surface area contributed by atoms with Crippen LogP contribution in [0.25, 0.3) is 0 Å². The van der Waals surface area contributed by atoms with E-state index in [4.69, 9.17) is 5.11 Å². The highest BCUT2D eigenvalue weighted by molar-refractivity contribution is 5.93. The minimum absolute atomic E-state index is 0.223. The second-order valence-corrected chi connectivity index (χ2v) is 3.07. The number of aliphatic carboxylic acids is 1. The molecule has 6 nitrogen and oxygen atoms in total. The van der Waals surface area contributed by atoms with Gasteiger partial charge in [-0.3, -0.25) is 14.4 Å². The van der Waals surface area contributed by atoms with Gasteiger partial charge in [0.15, 0.2) is 0 Å². The summed E-state index contributed by atoms with van der Waals surface area (Å²) in [6, 6.07) is 0. The minimum atomic E-state index is -1.15. The fourth-order valence-electron chi connectivity index (χ4n) is 0.952. The highest BCUT2D eigenvalue weighted by Crippen LogP contribution is 1.97. The lowest BCUT2D eigenvalue weighted by atomic mass is 10.3. The Hall–Kier alpha value is -1.59. The number of carboxylic acid groups (broad SMARTS) is 1. The van der Waals surface area contributed by atoms with E-state index in [1.54, 1.807) is 0 Å². The average Bonchev–Trinajstić information content (AvgIpc) is 2.16. The maximum absolute atomic E-state index is 11.1. The van der Waals surface area contributed by atoms with Crippen LogP contribution in [0.3, 0.4) is 0 Å². The van der Waals surface area contributed by atoms with Gasteiger partial charge < -0.3 is 14.7 Å². The number of rotatable bonds is 6. The maximum atomic E-state index is 11.1. The van der Waals surface area contributed by atoms with Crippen molar-refractivity contribution in [3.05, 3.63) is 0 Å². The zero-order valence-electron chi connectivity index (χ0n) is 8.86. The summed E-state index contributed by atoms with van der Waals surface area (Å²) in [5, 5.41) is 8.36. The number of hydrogen-bond acceptors (Lipinski definition) is 4. The third-order valence-corrected chi connectivity index (χ3v) is 1.83. The Morgan fingerprint density at radius 2 is 1.93 bits per heavy atom. The molecule has 0 unspecified atom stereocenters. The fraction of sp³-hybridized carbons (Fsp3) is 0.667. The van der Waals surface area contributed by atoms with Gasteiger partial charge in [-0.25, -0.2) is 0 Å². The lowest BCUT2D eigenvalue weighted by Gasteiger charge is -2.15. The van der Waals surface area contributed by atoms with Crippen LogP contribution in [-0.4, -0.2) is 48.6 Å². The van der Waals surface area contributed by atoms with Crippen LogP contribution in [0.4, 0.5) is 0 Å². The van der Waals surface area contributed by atoms with E-state index in [0.717, 1.165) is 0 Å². The second-order valence-electron chi connectivity index (χ2n) is 3.07. The summed E-state index contributed by atoms with van der Waals surface area (Å²) in [5.74, 6) is -1.96. The van der Waals surface area contributed by atoms with Crippen molar-refractivity contribution in [3.8, 4) is 0 Å². The summed E-state index contributed by atoms with van der Waals surface area (Å²) < 4.78 is 4.42. The molecule has 0 aliphatic heterocycles. The Morgan fingerprint density at radius 3 is 2.40 bits per heavy atom. The molecule has 6 heteroatoms. The van der Waals surface area contributed by atoms with E-state index in [2.05, 4.69) is 4.74 Å². The predicted octanol–water partition coefficient (Wildman–Crippen LogP) is -0.127. The lowest BCUT2D eigenvalue weighted by molar-refractivity contribution is -0.145. The summed E-state index contributed by atoms with van der Waals surface area (Å²) in [4.78, 5) is 33.4. The first-order valence-electron chi connectivity index (χ1n) is 4.50. The first-order valence-corrected chi connectivity index (χ1v) is 4.50. The Bertz CT molecular complexity index is 251. The first-order chi connectivity index (χ1) is 6.97. The molecule has 1 N–H and O–H groups in total. The molecule has 0 saturated carbocycles. The summed E-state index contributed by atoms with van der Waals surface area (Å²) >= 11 is 0. The van der Waals surface area contributed by atoms with Crippen LogP contribution in [0.15, 0.2) is 0 Å². The number of esters is 1. The molecule has 0 aliphatic rings. The number of carbonyl (C=O) groups is 3. The van der Waals surface area contributed by atoms with Crippen molar-refractivity contribution in [1.82, 2.24) is 4.90 Å². The quantitative estimate of drug-likeness (QED) is 0.495. The molecule has 0 aliphatic carbocycles. The number of ether oxygens (including phenoxy) is 1. The first kappa shape index (κ1) is 13.4. The largest absolute Gasteiger partial charge is 0.481 e. The number of amides is 1. The lowest BCUT2D eigenvalue weighted by Crippen LogP contribution is -2.29. The van der Waals surface area contributed by atoms with Crippen LogP contribution < -0.4 is 0 Å². The molecule has 0 aromatic carbocycles. The Labute approximate surface area is 87.8 Å². The molecular formula is C9H15NO5. The normalized spacial score (nSPS) is 9.47. The minimum Gasteiger partial charge on any atom is -0.481 e. The van der Waals surface area contributed by atoms with Gasteiger partial charge in [-0.05, 0) is 6.42 Å². The summed E-state index contributed by atoms with van der Waals surface area (Å²) in [7, 11) is 2.80. The van der Waals surface area contributed by atoms with Crippen LogP contribution in [0.2, 0.25) is 0 Å². The van der Waals surface area contributed by atoms with Crippen molar-refractivity contribution in [3.63, 3.8) is 0 Å². The number of hydrogen-bond donors (Lipinski definition) is 1. The fourth-order valence-corrected chi connectivity index (χ4v) is 0.952. The van der Waals surface area contributed by atoms with Gasteiger partial charge in [0.1, 0.15) is 6.42 Å². The number of carboxylic acids is 1. The second kappa shape index (κ2) is 6.80. The molecule has 0 bridgehead atoms. The highest BCUT2D eigenvalue weighted by atomic mass is 16.5. The van der Waals surface area contributed by atoms with Crippen molar-refractivity contribution in [2.45, 2.75) is 19.3 Å². The number of nitrogens with zero attached hydrogens (tertiary/aromatic N) is 1. The van der Waals surface area contributed by atoms with E-state index >= 15 is 0 Å². The molecule has 0 fully saturated rings. The van der Waals surface area contributed by atoms with E-state index in [9.17, 15) is 14.4 Å². The smallest absolute Gasteiger partial charge is 0.312 e. The molecule has 0 rings (SSSR count). The molecule has 86 valence electrons. The van der Waals surface area contributed by atoms with E-state index in [1.165, 1.54) is 19.1 Å². The van der Waals surface area contributed by atoms with Crippen LogP contribution in [0.5, 0.6) is 0 Å². The molecule has 0 aromatic rings. The third kappa shape index (κ3) is 6.48. The number of carbonyl (C=O) groups excluding carboxylic acids is 2. The van der Waals surface area contributed by atoms with Crippen molar-refractivity contribution >= 4 is 17.8 Å². The third-order valence-electron chi connectivity index (χ3n) is 1.83. The standard InChI is InChI=1S/C9H15NO5/c1-10(7(11)6-8(12)13)5-3-4-9(14)15-2/h3-6H2,1-2H3,(H,12,13). The monoisotopic (exact) mass is 217 g/mol. The van der Waals surface area contributed by atoms with E-state index in [-0.39, 0.29) is 12.4 Å². The highest BCUT2D eigenvalue weighted by Gasteiger charge is 2.12. The van der Waals surface area contributed by atoms with Gasteiger partial charge >= 0.3 is 11.9 Å². The van der Waals surface area contributed by atoms with E-state index < -0.39 is 18.3 Å². The van der Waals surface area contributed by atoms with Crippen molar-refractivity contribution < 1.29 is 24.2 Å². The molecule has 0 radical (unpaired) electrons. The van der Waals surface area contributed by atoms with Crippen LogP contribution in [0.1, 0.15) is 19.3 Å². The van der Waals surface area contributed by atoms with Crippen molar-refractivity contribution in [1.29, 1.82) is 0 Å². The van der Waals surface area contributed by atoms with Gasteiger partial charge in [0.2, 0.25) is 5.91 Å². The van der Waals surface area contributed by atoms with Crippen molar-refractivity contribution in [2.75, 3.05) is 20.7 Å². The molecule has 0 saturated heterocycles. The summed E-state index contributed by atoms with van der Waals surface area (Å²) in [6.45, 7) is 0.348. The molecule has 0 spiro atoms. The molecule has 0 aromatic heterocycles. The molecule has 1 amide bonds. The Balaban J connectivity index is 3.73. The van der Waals surface area contributed by atoms with E-state index in [0.29, 0.717) is 13.0 Å². The van der Waals surface area contributed by atoms with Gasteiger partial charge in [-0.1, -0.05) is 0 Å². The van der Waals surface area contributed by atoms with Gasteiger partial charge in [0, 0.05) is 20.0 Å². The van der Waals surface area contributed by atoms with Gasteiger partial charge in [0.25, 0.3) is 0 Å². The zero-order chi connectivity index (χ0) is 11.8. The number of methoxy groups -OCH3 is 1. The molecule has 0 heterocycles. The van der Waals surface area contributed by atoms with Crippen molar-refractivity contribution in [2.24, 2.45) is 0 Å². The Kier molecular flexibility index (Phi) is 6.08. The Morgan fingerprint density at radius 1 is 1.33 bits per heavy atom. The zero-order valence-corrected chi connectivity index (χ0v) is 8.86. The van der Waals surface area contributed by atoms with Crippen LogP contribution in [0, 0.1) is 0 Å². The van der Waals surface area contributed by atoms with Crippen LogP contribution in [-0.2, 0) is 19.1 Å². The topological polar surface area (TPSA) is 83.9 Å². The molecular weight excluding hydrogens is 202 g/mol. The van der Waals surface area contributed by atoms with Crippen LogP contribution >= 0.6 is 0 Å². The summed E-state index contributed by atoms with van der Waals surface area (Å²) in [6.07, 6.45) is 0.171. The average molecular weight is 217 g/mol. The summed E-state index contributed by atoms with van der Waals surface area (Å²) in [5.41, 5.74) is 0. The van der Waals surface area contributed by atoms with E-state index in [1.807, 2.05) is 0 Å². The molecule has 0 atom stereocenters. The van der Waals surface area contributed by atoms with Gasteiger partial charge in [-0.2, -0.15) is 0 Å². The maximum Gasteiger partial charge on any atom is 0.312 e.